The fraction of sp³-hybridized carbons (Fsp3) is 0.857. The van der Waals surface area contributed by atoms with Gasteiger partial charge in [0.15, 0.2) is 0 Å². The van der Waals surface area contributed by atoms with Crippen molar-refractivity contribution in [2.75, 3.05) is 33.9 Å². The molecule has 0 aliphatic carbocycles. The first-order chi connectivity index (χ1) is 9.43. The summed E-state index contributed by atoms with van der Waals surface area (Å²) in [6, 6.07) is -0.665. The number of likely N-dealkylation sites (tertiary alicyclic amines) is 1. The Kier molecular flexibility index (Phi) is 6.78. The molecule has 1 aliphatic rings. The van der Waals surface area contributed by atoms with Crippen LogP contribution in [0.2, 0.25) is 0 Å². The molecule has 1 rings (SSSR count). The molecule has 0 spiro atoms. The number of esters is 1. The summed E-state index contributed by atoms with van der Waals surface area (Å²) in [6.07, 6.45) is 1.65. The van der Waals surface area contributed by atoms with Crippen LogP contribution >= 0.6 is 0 Å². The lowest BCUT2D eigenvalue weighted by Crippen LogP contribution is -2.46. The largest absolute Gasteiger partial charge is 0.467 e. The predicted octanol–water partition coefficient (Wildman–Crippen LogP) is 1.25. The number of methoxy groups -OCH3 is 1. The zero-order valence-electron chi connectivity index (χ0n) is 12.8. The monoisotopic (exact) mass is 286 g/mol. The van der Waals surface area contributed by atoms with Crippen LogP contribution in [0.5, 0.6) is 0 Å². The fourth-order valence-electron chi connectivity index (χ4n) is 2.40. The zero-order valence-corrected chi connectivity index (χ0v) is 12.8. The second-order valence-corrected chi connectivity index (χ2v) is 5.76. The standard InChI is InChI=1S/C14H26N2O4/c1-10(2)12(13(17)19-4)15-14(18)20-9-11-6-5-7-16(3)8-11/h10-12H,5-9H2,1-4H3,(H,15,18)/t11?,12-/m0/s1. The number of alkyl carbamates (subject to hydrolysis) is 1. The van der Waals surface area contributed by atoms with Crippen LogP contribution in [0.15, 0.2) is 0 Å². The van der Waals surface area contributed by atoms with Crippen LogP contribution < -0.4 is 5.32 Å². The van der Waals surface area contributed by atoms with Crippen LogP contribution in [-0.2, 0) is 14.3 Å². The van der Waals surface area contributed by atoms with E-state index in [1.165, 1.54) is 7.11 Å². The van der Waals surface area contributed by atoms with Crippen LogP contribution in [0.25, 0.3) is 0 Å². The molecule has 20 heavy (non-hydrogen) atoms. The summed E-state index contributed by atoms with van der Waals surface area (Å²) in [5.74, 6) is -0.125. The molecule has 2 atom stereocenters. The van der Waals surface area contributed by atoms with E-state index in [0.29, 0.717) is 12.5 Å². The molecule has 1 aliphatic heterocycles. The second-order valence-electron chi connectivity index (χ2n) is 5.76. The van der Waals surface area contributed by atoms with Crippen LogP contribution in [0, 0.1) is 11.8 Å². The number of amides is 1. The molecule has 0 radical (unpaired) electrons. The van der Waals surface area contributed by atoms with Gasteiger partial charge in [-0.3, -0.25) is 0 Å². The van der Waals surface area contributed by atoms with E-state index >= 15 is 0 Å². The van der Waals surface area contributed by atoms with Gasteiger partial charge in [0.05, 0.1) is 13.7 Å². The van der Waals surface area contributed by atoms with Gasteiger partial charge >= 0.3 is 12.1 Å². The van der Waals surface area contributed by atoms with Gasteiger partial charge in [0, 0.05) is 12.5 Å². The number of nitrogens with one attached hydrogen (secondary N) is 1. The average molecular weight is 286 g/mol. The van der Waals surface area contributed by atoms with E-state index in [0.717, 1.165) is 25.9 Å². The van der Waals surface area contributed by atoms with Crippen LogP contribution in [0.1, 0.15) is 26.7 Å². The number of hydrogen-bond donors (Lipinski definition) is 1. The fourth-order valence-corrected chi connectivity index (χ4v) is 2.40. The van der Waals surface area contributed by atoms with Crippen LogP contribution in [-0.4, -0.2) is 56.9 Å². The number of ether oxygens (including phenoxy) is 2. The minimum absolute atomic E-state index is 0.0455. The number of carbonyl (C=O) groups is 2. The SMILES string of the molecule is COC(=O)[C@@H](NC(=O)OCC1CCCN(C)C1)C(C)C. The van der Waals surface area contributed by atoms with Gasteiger partial charge in [0.1, 0.15) is 6.04 Å². The second kappa shape index (κ2) is 8.09. The molecule has 0 aromatic heterocycles. The van der Waals surface area contributed by atoms with E-state index in [4.69, 9.17) is 4.74 Å². The molecule has 0 saturated carbocycles. The molecule has 1 fully saturated rings. The number of piperidine rings is 1. The molecule has 116 valence electrons. The zero-order chi connectivity index (χ0) is 15.1. The van der Waals surface area contributed by atoms with Gasteiger partial charge in [0.2, 0.25) is 0 Å². The minimum Gasteiger partial charge on any atom is -0.467 e. The molecule has 0 bridgehead atoms. The Labute approximate surface area is 120 Å². The lowest BCUT2D eigenvalue weighted by atomic mass is 10.00. The summed E-state index contributed by atoms with van der Waals surface area (Å²) in [6.45, 7) is 6.12. The number of rotatable bonds is 5. The minimum atomic E-state index is -0.665. The Morgan fingerprint density at radius 2 is 2.10 bits per heavy atom. The first kappa shape index (κ1) is 16.8. The van der Waals surface area contributed by atoms with Crippen LogP contribution in [0.3, 0.4) is 0 Å². The van der Waals surface area contributed by atoms with E-state index in [1.807, 2.05) is 13.8 Å². The predicted molar refractivity (Wildman–Crippen MR) is 75.3 cm³/mol. The van der Waals surface area contributed by atoms with E-state index in [2.05, 4.69) is 22.0 Å². The van der Waals surface area contributed by atoms with E-state index in [9.17, 15) is 9.59 Å². The molecule has 6 heteroatoms. The third-order valence-corrected chi connectivity index (χ3v) is 3.57. The van der Waals surface area contributed by atoms with Gasteiger partial charge in [-0.05, 0) is 32.4 Å². The Balaban J connectivity index is 2.36. The first-order valence-corrected chi connectivity index (χ1v) is 7.13. The molecule has 1 saturated heterocycles. The van der Waals surface area contributed by atoms with Crippen molar-refractivity contribution in [3.8, 4) is 0 Å². The topological polar surface area (TPSA) is 67.9 Å². The maximum Gasteiger partial charge on any atom is 0.407 e. The van der Waals surface area contributed by atoms with Gasteiger partial charge in [0.25, 0.3) is 0 Å². The van der Waals surface area contributed by atoms with Gasteiger partial charge in [-0.2, -0.15) is 0 Å². The van der Waals surface area contributed by atoms with Gasteiger partial charge in [-0.25, -0.2) is 9.59 Å². The lowest BCUT2D eigenvalue weighted by molar-refractivity contribution is -0.144. The first-order valence-electron chi connectivity index (χ1n) is 7.13. The Morgan fingerprint density at radius 3 is 2.65 bits per heavy atom. The maximum absolute atomic E-state index is 11.7. The lowest BCUT2D eigenvalue weighted by Gasteiger charge is -2.29. The summed E-state index contributed by atoms with van der Waals surface area (Å²) in [5, 5.41) is 2.57. The average Bonchev–Trinajstić information content (AvgIpc) is 2.41. The molecule has 0 aromatic carbocycles. The summed E-state index contributed by atoms with van der Waals surface area (Å²) in [4.78, 5) is 25.5. The number of nitrogens with zero attached hydrogens (tertiary/aromatic N) is 1. The molecule has 0 aromatic rings. The molecule has 1 N–H and O–H groups in total. The highest BCUT2D eigenvalue weighted by molar-refractivity contribution is 5.81. The van der Waals surface area contributed by atoms with Gasteiger partial charge < -0.3 is 19.7 Å². The van der Waals surface area contributed by atoms with E-state index in [1.54, 1.807) is 0 Å². The van der Waals surface area contributed by atoms with Crippen molar-refractivity contribution >= 4 is 12.1 Å². The van der Waals surface area contributed by atoms with Crippen LogP contribution in [0.4, 0.5) is 4.79 Å². The maximum atomic E-state index is 11.7. The number of hydrogen-bond acceptors (Lipinski definition) is 5. The van der Waals surface area contributed by atoms with Crippen molar-refractivity contribution in [3.63, 3.8) is 0 Å². The van der Waals surface area contributed by atoms with Crippen molar-refractivity contribution in [2.24, 2.45) is 11.8 Å². The summed E-state index contributed by atoms with van der Waals surface area (Å²) in [5.41, 5.74) is 0. The molecule has 1 heterocycles. The Morgan fingerprint density at radius 1 is 1.40 bits per heavy atom. The van der Waals surface area contributed by atoms with Gasteiger partial charge in [-0.1, -0.05) is 13.8 Å². The van der Waals surface area contributed by atoms with Crippen molar-refractivity contribution in [1.29, 1.82) is 0 Å². The third-order valence-electron chi connectivity index (χ3n) is 3.57. The molecular formula is C14H26N2O4. The summed E-state index contributed by atoms with van der Waals surface area (Å²) >= 11 is 0. The van der Waals surface area contributed by atoms with Gasteiger partial charge in [-0.15, -0.1) is 0 Å². The smallest absolute Gasteiger partial charge is 0.407 e. The Bertz CT molecular complexity index is 333. The van der Waals surface area contributed by atoms with Crippen molar-refractivity contribution in [1.82, 2.24) is 10.2 Å². The quantitative estimate of drug-likeness (QED) is 0.770. The Hall–Kier alpha value is -1.30. The third kappa shape index (κ3) is 5.36. The highest BCUT2D eigenvalue weighted by atomic mass is 16.6. The van der Waals surface area contributed by atoms with E-state index < -0.39 is 18.1 Å². The molecular weight excluding hydrogens is 260 g/mol. The van der Waals surface area contributed by atoms with Crippen molar-refractivity contribution in [3.05, 3.63) is 0 Å². The summed E-state index contributed by atoms with van der Waals surface area (Å²) < 4.78 is 9.89. The normalized spacial score (nSPS) is 21.4. The van der Waals surface area contributed by atoms with Crippen molar-refractivity contribution < 1.29 is 19.1 Å². The molecule has 6 nitrogen and oxygen atoms in total. The number of carbonyl (C=O) groups excluding carboxylic acids is 2. The molecule has 1 unspecified atom stereocenters. The van der Waals surface area contributed by atoms with Crippen molar-refractivity contribution in [2.45, 2.75) is 32.7 Å². The summed E-state index contributed by atoms with van der Waals surface area (Å²) in [7, 11) is 3.38. The highest BCUT2D eigenvalue weighted by Crippen LogP contribution is 2.15. The highest BCUT2D eigenvalue weighted by Gasteiger charge is 2.26. The van der Waals surface area contributed by atoms with E-state index in [-0.39, 0.29) is 5.92 Å². The molecule has 1 amide bonds.